The van der Waals surface area contributed by atoms with Gasteiger partial charge in [-0.05, 0) is 44.2 Å². The van der Waals surface area contributed by atoms with Crippen molar-refractivity contribution in [3.8, 4) is 5.69 Å². The van der Waals surface area contributed by atoms with Crippen molar-refractivity contribution in [1.82, 2.24) is 20.0 Å². The monoisotopic (exact) mass is 302 g/mol. The lowest BCUT2D eigenvalue weighted by Gasteiger charge is -2.15. The molecule has 1 aromatic carbocycles. The minimum absolute atomic E-state index is 0.209. The molecule has 5 nitrogen and oxygen atoms in total. The second-order valence-electron chi connectivity index (χ2n) is 5.59. The van der Waals surface area contributed by atoms with Gasteiger partial charge in [0.05, 0.1) is 5.69 Å². The number of amides is 1. The number of carbonyl (C=O) groups is 1. The average molecular weight is 302 g/mol. The highest BCUT2D eigenvalue weighted by Crippen LogP contribution is 2.24. The van der Waals surface area contributed by atoms with E-state index in [-0.39, 0.29) is 11.7 Å². The van der Waals surface area contributed by atoms with Crippen LogP contribution in [0.1, 0.15) is 23.3 Å². The first kappa shape index (κ1) is 14.7. The smallest absolute Gasteiger partial charge is 0.271 e. The van der Waals surface area contributed by atoms with Gasteiger partial charge in [-0.3, -0.25) is 4.79 Å². The first-order valence-electron chi connectivity index (χ1n) is 7.43. The molecule has 0 unspecified atom stereocenters. The number of benzene rings is 1. The zero-order valence-electron chi connectivity index (χ0n) is 12.5. The summed E-state index contributed by atoms with van der Waals surface area (Å²) in [5.41, 5.74) is 0.922. The number of likely N-dealkylation sites (N-methyl/N-ethyl adjacent to an activating group) is 1. The first-order chi connectivity index (χ1) is 10.6. The molecule has 0 spiro atoms. The average Bonchev–Trinajstić information content (AvgIpc) is 3.24. The second-order valence-corrected chi connectivity index (χ2v) is 5.59. The lowest BCUT2D eigenvalue weighted by atomic mass is 10.3. The van der Waals surface area contributed by atoms with Crippen LogP contribution in [0, 0.1) is 5.82 Å². The Labute approximate surface area is 128 Å². The summed E-state index contributed by atoms with van der Waals surface area (Å²) in [5.74, 6) is -0.540. The van der Waals surface area contributed by atoms with E-state index in [2.05, 4.69) is 22.4 Å². The third-order valence-electron chi connectivity index (χ3n) is 3.81. The summed E-state index contributed by atoms with van der Waals surface area (Å²) < 4.78 is 14.7. The molecule has 0 atom stereocenters. The lowest BCUT2D eigenvalue weighted by Crippen LogP contribution is -2.34. The van der Waals surface area contributed by atoms with E-state index in [0.29, 0.717) is 24.0 Å². The summed E-state index contributed by atoms with van der Waals surface area (Å²) in [4.78, 5) is 14.3. The highest BCUT2D eigenvalue weighted by atomic mass is 19.1. The molecule has 0 bridgehead atoms. The Bertz CT molecular complexity index is 666. The predicted octanol–water partition coefficient (Wildman–Crippen LogP) is 1.84. The minimum Gasteiger partial charge on any atom is -0.349 e. The fourth-order valence-corrected chi connectivity index (χ4v) is 2.34. The van der Waals surface area contributed by atoms with Gasteiger partial charge in [0.1, 0.15) is 5.82 Å². The fraction of sp³-hybridized carbons (Fsp3) is 0.375. The molecule has 1 saturated carbocycles. The molecule has 1 N–H and O–H groups in total. The van der Waals surface area contributed by atoms with Gasteiger partial charge in [-0.1, -0.05) is 6.07 Å². The van der Waals surface area contributed by atoms with Crippen molar-refractivity contribution in [3.05, 3.63) is 48.0 Å². The molecular weight excluding hydrogens is 283 g/mol. The Morgan fingerprint density at radius 1 is 1.45 bits per heavy atom. The quantitative estimate of drug-likeness (QED) is 0.886. The van der Waals surface area contributed by atoms with Gasteiger partial charge >= 0.3 is 0 Å². The summed E-state index contributed by atoms with van der Waals surface area (Å²) in [5, 5.41) is 7.05. The van der Waals surface area contributed by atoms with Crippen LogP contribution >= 0.6 is 0 Å². The molecule has 1 aliphatic carbocycles. The molecule has 22 heavy (non-hydrogen) atoms. The van der Waals surface area contributed by atoms with Crippen LogP contribution < -0.4 is 5.32 Å². The van der Waals surface area contributed by atoms with E-state index in [9.17, 15) is 9.18 Å². The van der Waals surface area contributed by atoms with Crippen molar-refractivity contribution in [2.24, 2.45) is 0 Å². The number of nitrogens with one attached hydrogen (secondary N) is 1. The van der Waals surface area contributed by atoms with Crippen molar-refractivity contribution in [2.45, 2.75) is 18.9 Å². The van der Waals surface area contributed by atoms with Crippen LogP contribution in [-0.2, 0) is 0 Å². The number of halogens is 1. The zero-order valence-corrected chi connectivity index (χ0v) is 12.5. The van der Waals surface area contributed by atoms with Crippen molar-refractivity contribution in [3.63, 3.8) is 0 Å². The molecule has 2 aromatic rings. The normalized spacial score (nSPS) is 14.3. The van der Waals surface area contributed by atoms with Gasteiger partial charge in [-0.2, -0.15) is 5.10 Å². The highest BCUT2D eigenvalue weighted by molar-refractivity contribution is 5.92. The third kappa shape index (κ3) is 3.51. The standard InChI is InChI=1S/C16H19FN4O/c1-20(13-5-6-13)10-8-18-16(22)15-7-9-21(19-15)14-4-2-3-12(17)11-14/h2-4,7,9,11,13H,5-6,8,10H2,1H3,(H,18,22). The van der Waals surface area contributed by atoms with E-state index in [1.165, 1.54) is 29.7 Å². The van der Waals surface area contributed by atoms with E-state index < -0.39 is 0 Å². The van der Waals surface area contributed by atoms with Gasteiger partial charge in [0, 0.05) is 25.3 Å². The van der Waals surface area contributed by atoms with Crippen LogP contribution in [0.2, 0.25) is 0 Å². The number of hydrogen-bond donors (Lipinski definition) is 1. The van der Waals surface area contributed by atoms with Crippen LogP contribution in [0.3, 0.4) is 0 Å². The summed E-state index contributed by atoms with van der Waals surface area (Å²) >= 11 is 0. The maximum atomic E-state index is 13.2. The maximum absolute atomic E-state index is 13.2. The van der Waals surface area contributed by atoms with E-state index in [4.69, 9.17) is 0 Å². The van der Waals surface area contributed by atoms with E-state index in [0.717, 1.165) is 6.54 Å². The van der Waals surface area contributed by atoms with Gasteiger partial charge < -0.3 is 10.2 Å². The van der Waals surface area contributed by atoms with E-state index in [1.54, 1.807) is 24.4 Å². The maximum Gasteiger partial charge on any atom is 0.271 e. The summed E-state index contributed by atoms with van der Waals surface area (Å²) in [6.07, 6.45) is 4.16. The minimum atomic E-state index is -0.331. The molecule has 1 fully saturated rings. The van der Waals surface area contributed by atoms with Crippen molar-refractivity contribution < 1.29 is 9.18 Å². The van der Waals surface area contributed by atoms with Gasteiger partial charge in [0.2, 0.25) is 0 Å². The number of nitrogens with zero attached hydrogens (tertiary/aromatic N) is 3. The van der Waals surface area contributed by atoms with Crippen LogP contribution in [0.25, 0.3) is 5.69 Å². The van der Waals surface area contributed by atoms with Gasteiger partial charge in [0.15, 0.2) is 5.69 Å². The second kappa shape index (κ2) is 6.27. The molecule has 0 radical (unpaired) electrons. The molecule has 1 aliphatic rings. The number of carbonyl (C=O) groups excluding carboxylic acids is 1. The summed E-state index contributed by atoms with van der Waals surface area (Å²) in [6, 6.07) is 8.41. The van der Waals surface area contributed by atoms with Gasteiger partial charge in [0.25, 0.3) is 5.91 Å². The molecule has 0 aliphatic heterocycles. The molecule has 0 saturated heterocycles. The van der Waals surface area contributed by atoms with Crippen molar-refractivity contribution in [1.29, 1.82) is 0 Å². The Morgan fingerprint density at radius 3 is 3.00 bits per heavy atom. The Kier molecular flexibility index (Phi) is 4.20. The molecule has 1 aromatic heterocycles. The molecule has 3 rings (SSSR count). The Balaban J connectivity index is 1.57. The largest absolute Gasteiger partial charge is 0.349 e. The molecular formula is C16H19FN4O. The van der Waals surface area contributed by atoms with Crippen LogP contribution in [0.15, 0.2) is 36.5 Å². The first-order valence-corrected chi connectivity index (χ1v) is 7.43. The van der Waals surface area contributed by atoms with Crippen LogP contribution in [0.5, 0.6) is 0 Å². The van der Waals surface area contributed by atoms with Crippen molar-refractivity contribution in [2.75, 3.05) is 20.1 Å². The molecule has 6 heteroatoms. The van der Waals surface area contributed by atoms with E-state index in [1.807, 2.05) is 0 Å². The topological polar surface area (TPSA) is 50.2 Å². The van der Waals surface area contributed by atoms with Gasteiger partial charge in [-0.25, -0.2) is 9.07 Å². The number of rotatable bonds is 6. The molecule has 1 amide bonds. The molecule has 1 heterocycles. The summed E-state index contributed by atoms with van der Waals surface area (Å²) in [6.45, 7) is 1.43. The summed E-state index contributed by atoms with van der Waals surface area (Å²) in [7, 11) is 2.07. The zero-order chi connectivity index (χ0) is 15.5. The number of aromatic nitrogens is 2. The van der Waals surface area contributed by atoms with E-state index >= 15 is 0 Å². The van der Waals surface area contributed by atoms with Crippen molar-refractivity contribution >= 4 is 5.91 Å². The van der Waals surface area contributed by atoms with Gasteiger partial charge in [-0.15, -0.1) is 0 Å². The molecule has 116 valence electrons. The Hall–Kier alpha value is -2.21. The highest BCUT2D eigenvalue weighted by Gasteiger charge is 2.25. The van der Waals surface area contributed by atoms with Crippen LogP contribution in [-0.4, -0.2) is 46.8 Å². The predicted molar refractivity (Wildman–Crippen MR) is 81.5 cm³/mol. The SMILES string of the molecule is CN(CCNC(=O)c1ccn(-c2cccc(F)c2)n1)C1CC1. The van der Waals surface area contributed by atoms with Crippen LogP contribution in [0.4, 0.5) is 4.39 Å². The number of hydrogen-bond acceptors (Lipinski definition) is 3. The fourth-order valence-electron chi connectivity index (χ4n) is 2.34. The lowest BCUT2D eigenvalue weighted by molar-refractivity contribution is 0.0944. The Morgan fingerprint density at radius 2 is 2.27 bits per heavy atom. The third-order valence-corrected chi connectivity index (χ3v) is 3.81.